The van der Waals surface area contributed by atoms with Gasteiger partial charge in [-0.2, -0.15) is 0 Å². The molecule has 1 heterocycles. The molecule has 1 aromatic heterocycles. The number of rotatable bonds is 3. The van der Waals surface area contributed by atoms with Crippen molar-refractivity contribution in [1.29, 1.82) is 0 Å². The fraction of sp³-hybridized carbons (Fsp3) is 0.143. The highest BCUT2D eigenvalue weighted by Gasteiger charge is 2.12. The topological polar surface area (TPSA) is 71.2 Å². The number of ether oxygens (including phenoxy) is 1. The number of aryl methyl sites for hydroxylation is 1. The van der Waals surface area contributed by atoms with E-state index in [-0.39, 0.29) is 5.91 Å². The number of H-pyrrole nitrogens is 1. The molecule has 20 heavy (non-hydrogen) atoms. The van der Waals surface area contributed by atoms with E-state index in [1.807, 2.05) is 6.92 Å². The fourth-order valence-corrected chi connectivity index (χ4v) is 2.08. The lowest BCUT2D eigenvalue weighted by Crippen LogP contribution is -2.13. The normalized spacial score (nSPS) is 10.2. The van der Waals surface area contributed by atoms with Crippen LogP contribution < -0.4 is 5.32 Å². The van der Waals surface area contributed by atoms with E-state index in [2.05, 4.69) is 31.0 Å². The molecule has 1 amide bonds. The molecule has 0 saturated heterocycles. The maximum Gasteiger partial charge on any atom is 0.337 e. The minimum Gasteiger partial charge on any atom is -0.465 e. The van der Waals surface area contributed by atoms with E-state index in [1.165, 1.54) is 7.11 Å². The van der Waals surface area contributed by atoms with Crippen LogP contribution in [0.25, 0.3) is 0 Å². The molecule has 104 valence electrons. The van der Waals surface area contributed by atoms with Gasteiger partial charge in [0, 0.05) is 16.4 Å². The Morgan fingerprint density at radius 1 is 1.30 bits per heavy atom. The molecule has 0 bridgehead atoms. The van der Waals surface area contributed by atoms with Gasteiger partial charge >= 0.3 is 5.97 Å². The van der Waals surface area contributed by atoms with Crippen LogP contribution in [0.5, 0.6) is 0 Å². The summed E-state index contributed by atoms with van der Waals surface area (Å²) < 4.78 is 5.45. The number of anilines is 1. The second-order valence-corrected chi connectivity index (χ2v) is 5.12. The first kappa shape index (κ1) is 14.3. The van der Waals surface area contributed by atoms with Crippen LogP contribution >= 0.6 is 15.9 Å². The molecule has 0 aliphatic rings. The molecule has 0 aliphatic heterocycles. The van der Waals surface area contributed by atoms with Crippen LogP contribution in [0.4, 0.5) is 5.69 Å². The number of carbonyl (C=O) groups excluding carboxylic acids is 2. The fourth-order valence-electron chi connectivity index (χ4n) is 1.74. The molecule has 2 N–H and O–H groups in total. The van der Waals surface area contributed by atoms with Crippen molar-refractivity contribution in [3.8, 4) is 0 Å². The van der Waals surface area contributed by atoms with Gasteiger partial charge in [-0.1, -0.05) is 0 Å². The second kappa shape index (κ2) is 5.92. The number of carbonyl (C=O) groups is 2. The molecule has 0 aliphatic carbocycles. The van der Waals surface area contributed by atoms with Crippen LogP contribution in [0.2, 0.25) is 0 Å². The number of amides is 1. The number of nitrogens with one attached hydrogen (secondary N) is 2. The zero-order chi connectivity index (χ0) is 14.7. The molecule has 0 fully saturated rings. The highest BCUT2D eigenvalue weighted by Crippen LogP contribution is 2.19. The number of hydrogen-bond donors (Lipinski definition) is 2. The number of aromatic amines is 1. The molecule has 2 rings (SSSR count). The van der Waals surface area contributed by atoms with Gasteiger partial charge in [-0.05, 0) is 52.7 Å². The first-order chi connectivity index (χ1) is 9.51. The zero-order valence-electron chi connectivity index (χ0n) is 11.0. The summed E-state index contributed by atoms with van der Waals surface area (Å²) in [5.74, 6) is -0.649. The SMILES string of the molecule is COC(=O)c1ccc(NC(=O)c2cc(Br)c[nH]2)c(C)c1. The Bertz CT molecular complexity index is 664. The van der Waals surface area contributed by atoms with Gasteiger partial charge < -0.3 is 15.0 Å². The standard InChI is InChI=1S/C14H13BrN2O3/c1-8-5-9(14(19)20-2)3-4-11(8)17-13(18)12-6-10(15)7-16-12/h3-7,16H,1-2H3,(H,17,18). The highest BCUT2D eigenvalue weighted by molar-refractivity contribution is 9.10. The van der Waals surface area contributed by atoms with Gasteiger partial charge in [0.05, 0.1) is 12.7 Å². The second-order valence-electron chi connectivity index (χ2n) is 4.21. The Hall–Kier alpha value is -2.08. The molecular weight excluding hydrogens is 324 g/mol. The number of benzene rings is 1. The Morgan fingerprint density at radius 2 is 2.05 bits per heavy atom. The van der Waals surface area contributed by atoms with Crippen molar-refractivity contribution in [3.63, 3.8) is 0 Å². The molecule has 6 heteroatoms. The van der Waals surface area contributed by atoms with Gasteiger partial charge in [-0.3, -0.25) is 4.79 Å². The van der Waals surface area contributed by atoms with Gasteiger partial charge in [-0.15, -0.1) is 0 Å². The van der Waals surface area contributed by atoms with E-state index in [9.17, 15) is 9.59 Å². The van der Waals surface area contributed by atoms with Gasteiger partial charge in [-0.25, -0.2) is 4.79 Å². The number of aromatic nitrogens is 1. The van der Waals surface area contributed by atoms with Crippen molar-refractivity contribution < 1.29 is 14.3 Å². The first-order valence-corrected chi connectivity index (χ1v) is 6.65. The predicted octanol–water partition coefficient (Wildman–Crippen LogP) is 3.12. The Balaban J connectivity index is 2.18. The van der Waals surface area contributed by atoms with Crippen molar-refractivity contribution in [1.82, 2.24) is 4.98 Å². The van der Waals surface area contributed by atoms with Gasteiger partial charge in [0.15, 0.2) is 0 Å². The van der Waals surface area contributed by atoms with E-state index >= 15 is 0 Å². The van der Waals surface area contributed by atoms with Crippen LogP contribution in [-0.4, -0.2) is 24.0 Å². The Morgan fingerprint density at radius 3 is 2.60 bits per heavy atom. The van der Waals surface area contributed by atoms with E-state index in [1.54, 1.807) is 30.5 Å². The summed E-state index contributed by atoms with van der Waals surface area (Å²) >= 11 is 3.27. The van der Waals surface area contributed by atoms with Crippen LogP contribution in [-0.2, 0) is 4.74 Å². The largest absolute Gasteiger partial charge is 0.465 e. The third-order valence-corrected chi connectivity index (χ3v) is 3.25. The number of hydrogen-bond acceptors (Lipinski definition) is 3. The minimum absolute atomic E-state index is 0.246. The molecule has 2 aromatic rings. The number of esters is 1. The summed E-state index contributed by atoms with van der Waals surface area (Å²) in [5.41, 5.74) is 2.33. The molecule has 0 atom stereocenters. The van der Waals surface area contributed by atoms with E-state index < -0.39 is 5.97 Å². The van der Waals surface area contributed by atoms with Gasteiger partial charge in [0.2, 0.25) is 0 Å². The zero-order valence-corrected chi connectivity index (χ0v) is 12.6. The summed E-state index contributed by atoms with van der Waals surface area (Å²) in [4.78, 5) is 26.3. The molecule has 1 aromatic carbocycles. The molecule has 0 saturated carbocycles. The van der Waals surface area contributed by atoms with Crippen molar-refractivity contribution in [2.45, 2.75) is 6.92 Å². The Labute approximate surface area is 124 Å². The maximum atomic E-state index is 12.0. The quantitative estimate of drug-likeness (QED) is 0.846. The van der Waals surface area contributed by atoms with E-state index in [0.29, 0.717) is 16.9 Å². The van der Waals surface area contributed by atoms with E-state index in [0.717, 1.165) is 10.0 Å². The lowest BCUT2D eigenvalue weighted by molar-refractivity contribution is 0.0600. The average molecular weight is 337 g/mol. The summed E-state index contributed by atoms with van der Waals surface area (Å²) in [6, 6.07) is 6.65. The highest BCUT2D eigenvalue weighted by atomic mass is 79.9. The average Bonchev–Trinajstić information content (AvgIpc) is 2.86. The third-order valence-electron chi connectivity index (χ3n) is 2.79. The summed E-state index contributed by atoms with van der Waals surface area (Å²) in [7, 11) is 1.33. The first-order valence-electron chi connectivity index (χ1n) is 5.85. The lowest BCUT2D eigenvalue weighted by atomic mass is 10.1. The maximum absolute atomic E-state index is 12.0. The number of halogens is 1. The van der Waals surface area contributed by atoms with Crippen LogP contribution in [0.1, 0.15) is 26.4 Å². The molecule has 0 unspecified atom stereocenters. The Kier molecular flexibility index (Phi) is 4.24. The molecular formula is C14H13BrN2O3. The molecule has 0 radical (unpaired) electrons. The number of methoxy groups -OCH3 is 1. The van der Waals surface area contributed by atoms with Crippen molar-refractivity contribution in [2.24, 2.45) is 0 Å². The summed E-state index contributed by atoms with van der Waals surface area (Å²) in [6.45, 7) is 1.81. The molecule has 5 nitrogen and oxygen atoms in total. The molecule has 0 spiro atoms. The van der Waals surface area contributed by atoms with Crippen molar-refractivity contribution in [3.05, 3.63) is 51.8 Å². The van der Waals surface area contributed by atoms with Gasteiger partial charge in [0.25, 0.3) is 5.91 Å². The predicted molar refractivity (Wildman–Crippen MR) is 79.0 cm³/mol. The minimum atomic E-state index is -0.403. The third kappa shape index (κ3) is 3.08. The van der Waals surface area contributed by atoms with Crippen LogP contribution in [0.3, 0.4) is 0 Å². The van der Waals surface area contributed by atoms with Crippen LogP contribution in [0, 0.1) is 6.92 Å². The van der Waals surface area contributed by atoms with Gasteiger partial charge in [0.1, 0.15) is 5.69 Å². The summed E-state index contributed by atoms with van der Waals surface area (Å²) in [5, 5.41) is 2.78. The monoisotopic (exact) mass is 336 g/mol. The van der Waals surface area contributed by atoms with Crippen LogP contribution in [0.15, 0.2) is 34.9 Å². The smallest absolute Gasteiger partial charge is 0.337 e. The lowest BCUT2D eigenvalue weighted by Gasteiger charge is -2.09. The summed E-state index contributed by atoms with van der Waals surface area (Å²) in [6.07, 6.45) is 1.68. The van der Waals surface area contributed by atoms with Crippen molar-refractivity contribution in [2.75, 3.05) is 12.4 Å². The van der Waals surface area contributed by atoms with E-state index in [4.69, 9.17) is 0 Å². The van der Waals surface area contributed by atoms with Crippen molar-refractivity contribution >= 4 is 33.5 Å².